The van der Waals surface area contributed by atoms with Crippen LogP contribution in [0.1, 0.15) is 89.0 Å². The van der Waals surface area contributed by atoms with E-state index in [1.165, 1.54) is 11.1 Å². The van der Waals surface area contributed by atoms with E-state index in [4.69, 9.17) is 17.9 Å². The van der Waals surface area contributed by atoms with Crippen LogP contribution < -0.4 is 9.30 Å². The van der Waals surface area contributed by atoms with Gasteiger partial charge in [0.25, 0.3) is 6.33 Å². The molecule has 376 valence electrons. The zero-order chi connectivity index (χ0) is 59.7. The van der Waals surface area contributed by atoms with Crippen molar-refractivity contribution in [2.45, 2.75) is 72.1 Å². The van der Waals surface area contributed by atoms with Crippen LogP contribution in [0.2, 0.25) is 0 Å². The molecule has 4 heterocycles. The molecule has 9 aromatic carbocycles. The zero-order valence-corrected chi connectivity index (χ0v) is 44.4. The molecule has 0 atom stereocenters. The summed E-state index contributed by atoms with van der Waals surface area (Å²) in [5, 5.41) is 1.64. The maximum Gasteiger partial charge on any atom is 0.269 e. The summed E-state index contributed by atoms with van der Waals surface area (Å²) >= 11 is 0. The first-order valence-electron chi connectivity index (χ1n) is 30.2. The molecule has 0 fully saturated rings. The Labute approximate surface area is 462 Å². The molecule has 0 aliphatic rings. The molecule has 0 saturated carbocycles. The van der Waals surface area contributed by atoms with E-state index >= 15 is 0 Å². The van der Waals surface area contributed by atoms with E-state index in [1.54, 1.807) is 10.8 Å². The SMILES string of the molecule is [2H]c1c([2H])c([2H])c2c(c1[2H])c1c([2H])c([2H])c([2H])c([2H])c1n2-c1ccc2c(c1)c1ccc(Oc3cccc(-n4[c-][n+](-c5c(-c6ccccc6)cccc5-c5cc(C(C)(C)C)cc(C(C)(C)C)c5)c5ccccc54)c3)cc1n2-c1cc(C(C)C)ccn1. The van der Waals surface area contributed by atoms with Gasteiger partial charge in [0.05, 0.1) is 55.4 Å². The van der Waals surface area contributed by atoms with Crippen molar-refractivity contribution < 1.29 is 20.3 Å². The summed E-state index contributed by atoms with van der Waals surface area (Å²) in [7, 11) is 0. The summed E-state index contributed by atoms with van der Waals surface area (Å²) in [6.45, 7) is 17.9. The molecular weight excluding hydrogens is 939 g/mol. The molecule has 6 nitrogen and oxygen atoms in total. The standard InChI is InChI=1S/C71H61N5O/c1-46(2)48-36-37-72-68(40-48)76-64-35-32-53(75-62-28-14-12-24-58(62)59-25-13-15-29-63(59)75)43-61(64)60-34-33-55(44-67(60)76)77-54-23-18-22-52(42-54)73-45-74(66-31-17-16-30-65(66)73)69-56(47-20-10-9-11-21-47)26-19-27-57(69)49-38-50(70(3,4)5)41-51(39-49)71(6,7)8/h9-44,46H,1-8H3/i12D,13D,14D,15D,24D,25D,28D,29D. The van der Waals surface area contributed by atoms with Crippen LogP contribution in [-0.2, 0) is 10.8 Å². The number of pyridine rings is 1. The van der Waals surface area contributed by atoms with Crippen molar-refractivity contribution in [2.24, 2.45) is 0 Å². The van der Waals surface area contributed by atoms with Crippen molar-refractivity contribution in [1.29, 1.82) is 0 Å². The molecule has 4 aromatic heterocycles. The van der Waals surface area contributed by atoms with Gasteiger partial charge in [-0.1, -0.05) is 189 Å². The number of aromatic nitrogens is 5. The minimum absolute atomic E-state index is 0.0214. The Morgan fingerprint density at radius 2 is 1.17 bits per heavy atom. The van der Waals surface area contributed by atoms with E-state index < -0.39 is 24.2 Å². The maximum atomic E-state index is 9.17. The van der Waals surface area contributed by atoms with Gasteiger partial charge in [-0.3, -0.25) is 13.7 Å². The largest absolute Gasteiger partial charge is 0.458 e. The summed E-state index contributed by atoms with van der Waals surface area (Å²) in [5.74, 6) is 2.04. The van der Waals surface area contributed by atoms with Gasteiger partial charge in [-0.15, -0.1) is 0 Å². The van der Waals surface area contributed by atoms with Gasteiger partial charge >= 0.3 is 0 Å². The number of rotatable bonds is 9. The van der Waals surface area contributed by atoms with Crippen molar-refractivity contribution in [1.82, 2.24) is 18.7 Å². The van der Waals surface area contributed by atoms with Crippen LogP contribution in [0.3, 0.4) is 0 Å². The summed E-state index contributed by atoms with van der Waals surface area (Å²) in [5.41, 5.74) is 13.8. The van der Waals surface area contributed by atoms with Crippen LogP contribution >= 0.6 is 0 Å². The van der Waals surface area contributed by atoms with Gasteiger partial charge < -0.3 is 9.30 Å². The monoisotopic (exact) mass is 1010 g/mol. The average Bonchev–Trinajstić information content (AvgIpc) is 2.01. The topological polar surface area (TPSA) is 40.8 Å². The fraction of sp³-hybridized carbons (Fsp3) is 0.155. The van der Waals surface area contributed by atoms with E-state index in [-0.39, 0.29) is 62.7 Å². The maximum absolute atomic E-state index is 9.17. The molecule has 0 N–H and O–H groups in total. The highest BCUT2D eigenvalue weighted by Crippen LogP contribution is 2.41. The lowest BCUT2D eigenvalue weighted by atomic mass is 9.78. The molecule has 0 unspecified atom stereocenters. The van der Waals surface area contributed by atoms with Gasteiger partial charge in [0.2, 0.25) is 0 Å². The number of para-hydroxylation sites is 5. The number of imidazole rings is 1. The van der Waals surface area contributed by atoms with Crippen molar-refractivity contribution in [2.75, 3.05) is 0 Å². The van der Waals surface area contributed by atoms with Gasteiger partial charge in [0.1, 0.15) is 17.3 Å². The van der Waals surface area contributed by atoms with Crippen LogP contribution in [0.25, 0.3) is 99.8 Å². The second kappa shape index (κ2) is 18.4. The third-order valence-electron chi connectivity index (χ3n) is 14.9. The Hall–Kier alpha value is -9.00. The Kier molecular flexibility index (Phi) is 9.41. The molecule has 6 heteroatoms. The molecular formula is C71H61N5O. The first kappa shape index (κ1) is 39.4. The van der Waals surface area contributed by atoms with Crippen molar-refractivity contribution in [3.63, 3.8) is 0 Å². The van der Waals surface area contributed by atoms with E-state index in [0.29, 0.717) is 23.0 Å². The molecule has 77 heavy (non-hydrogen) atoms. The first-order valence-corrected chi connectivity index (χ1v) is 26.2. The normalized spacial score (nSPS) is 13.7. The number of fused-ring (bicyclic) bond motifs is 7. The van der Waals surface area contributed by atoms with Gasteiger partial charge in [-0.2, -0.15) is 0 Å². The second-order valence-electron chi connectivity index (χ2n) is 22.3. The fourth-order valence-electron chi connectivity index (χ4n) is 10.8. The van der Waals surface area contributed by atoms with Crippen molar-refractivity contribution >= 4 is 54.6 Å². The average molecular weight is 1010 g/mol. The predicted octanol–water partition coefficient (Wildman–Crippen LogP) is 18.1. The first-order chi connectivity index (χ1) is 40.6. The molecule has 0 spiro atoms. The number of benzene rings is 9. The van der Waals surface area contributed by atoms with Gasteiger partial charge in [-0.25, -0.2) is 4.98 Å². The van der Waals surface area contributed by atoms with Crippen LogP contribution in [0, 0.1) is 6.33 Å². The Bertz CT molecular complexity index is 4800. The lowest BCUT2D eigenvalue weighted by molar-refractivity contribution is -0.571. The Morgan fingerprint density at radius 1 is 0.506 bits per heavy atom. The van der Waals surface area contributed by atoms with Gasteiger partial charge in [0.15, 0.2) is 0 Å². The summed E-state index contributed by atoms with van der Waals surface area (Å²) in [4.78, 5) is 4.92. The van der Waals surface area contributed by atoms with Gasteiger partial charge in [-0.05, 0) is 128 Å². The van der Waals surface area contributed by atoms with Crippen LogP contribution in [0.5, 0.6) is 11.5 Å². The quantitative estimate of drug-likeness (QED) is 0.107. The number of hydrogen-bond donors (Lipinski definition) is 0. The molecule has 0 aliphatic heterocycles. The van der Waals surface area contributed by atoms with E-state index in [2.05, 4.69) is 172 Å². The molecule has 13 aromatic rings. The Balaban J connectivity index is 0.964. The van der Waals surface area contributed by atoms with E-state index in [9.17, 15) is 2.74 Å². The highest BCUT2D eigenvalue weighted by molar-refractivity contribution is 6.12. The lowest BCUT2D eigenvalue weighted by Gasteiger charge is -2.27. The minimum atomic E-state index is -0.490. The summed E-state index contributed by atoms with van der Waals surface area (Å²) in [6.07, 6.45) is 5.65. The van der Waals surface area contributed by atoms with Crippen molar-refractivity contribution in [3.8, 4) is 56.6 Å². The number of nitrogens with zero attached hydrogens (tertiary/aromatic N) is 5. The summed E-state index contributed by atoms with van der Waals surface area (Å²) in [6, 6.07) is 52.8. The number of hydrogen-bond acceptors (Lipinski definition) is 2. The third kappa shape index (κ3) is 8.36. The molecule has 13 rings (SSSR count). The fourth-order valence-corrected chi connectivity index (χ4v) is 10.8. The highest BCUT2D eigenvalue weighted by atomic mass is 16.5. The predicted molar refractivity (Wildman–Crippen MR) is 319 cm³/mol. The highest BCUT2D eigenvalue weighted by Gasteiger charge is 2.25. The van der Waals surface area contributed by atoms with Crippen LogP contribution in [0.15, 0.2) is 218 Å². The Morgan fingerprint density at radius 3 is 1.88 bits per heavy atom. The summed E-state index contributed by atoms with van der Waals surface area (Å²) < 4.78 is 85.7. The molecule has 0 saturated heterocycles. The zero-order valence-electron chi connectivity index (χ0n) is 52.4. The smallest absolute Gasteiger partial charge is 0.269 e. The molecule has 0 aliphatic carbocycles. The number of ether oxygens (including phenoxy) is 1. The molecule has 0 bridgehead atoms. The van der Waals surface area contributed by atoms with Crippen LogP contribution in [-0.4, -0.2) is 18.7 Å². The van der Waals surface area contributed by atoms with Gasteiger partial charge in [0, 0.05) is 39.5 Å². The molecule has 0 radical (unpaired) electrons. The third-order valence-corrected chi connectivity index (χ3v) is 14.9. The lowest BCUT2D eigenvalue weighted by Crippen LogP contribution is -2.31. The minimum Gasteiger partial charge on any atom is -0.458 e. The van der Waals surface area contributed by atoms with Crippen LogP contribution in [0.4, 0.5) is 0 Å². The molecule has 0 amide bonds. The second-order valence-corrected chi connectivity index (χ2v) is 22.3. The van der Waals surface area contributed by atoms with Crippen molar-refractivity contribution in [3.05, 3.63) is 241 Å². The van der Waals surface area contributed by atoms with E-state index in [1.807, 2.05) is 66.7 Å². The van der Waals surface area contributed by atoms with E-state index in [0.717, 1.165) is 72.0 Å².